The van der Waals surface area contributed by atoms with Gasteiger partial charge in [0.1, 0.15) is 17.5 Å². The number of aromatic nitrogens is 2. The van der Waals surface area contributed by atoms with Crippen molar-refractivity contribution in [3.8, 4) is 11.4 Å². The van der Waals surface area contributed by atoms with E-state index in [2.05, 4.69) is 9.97 Å². The van der Waals surface area contributed by atoms with Crippen LogP contribution in [0.2, 0.25) is 10.0 Å². The number of hydrogen-bond donors (Lipinski definition) is 1. The van der Waals surface area contributed by atoms with E-state index in [1.54, 1.807) is 6.07 Å². The third-order valence-electron chi connectivity index (χ3n) is 2.92. The van der Waals surface area contributed by atoms with Crippen molar-refractivity contribution in [1.29, 1.82) is 0 Å². The number of nitrogens with zero attached hydrogens (tertiary/aromatic N) is 2. The summed E-state index contributed by atoms with van der Waals surface area (Å²) in [7, 11) is 0. The Morgan fingerprint density at radius 3 is 2.48 bits per heavy atom. The van der Waals surface area contributed by atoms with Crippen molar-refractivity contribution in [2.24, 2.45) is 0 Å². The number of benzene rings is 2. The van der Waals surface area contributed by atoms with Gasteiger partial charge in [0.05, 0.1) is 16.1 Å². The van der Waals surface area contributed by atoms with Gasteiger partial charge in [-0.3, -0.25) is 0 Å². The van der Waals surface area contributed by atoms with Crippen LogP contribution in [0.5, 0.6) is 0 Å². The first-order chi connectivity index (χ1) is 9.95. The molecule has 0 unspecified atom stereocenters. The highest BCUT2D eigenvalue weighted by Gasteiger charge is 2.14. The molecule has 3 rings (SSSR count). The lowest BCUT2D eigenvalue weighted by Gasteiger charge is -2.08. The zero-order valence-corrected chi connectivity index (χ0v) is 11.9. The zero-order valence-electron chi connectivity index (χ0n) is 10.4. The normalized spacial score (nSPS) is 11.0. The van der Waals surface area contributed by atoms with Gasteiger partial charge in [-0.2, -0.15) is 0 Å². The molecule has 0 saturated heterocycles. The summed E-state index contributed by atoms with van der Waals surface area (Å²) in [5.41, 5.74) is 6.24. The minimum Gasteiger partial charge on any atom is -0.383 e. The van der Waals surface area contributed by atoms with Crippen LogP contribution in [0.15, 0.2) is 30.3 Å². The standard InChI is InChI=1S/C14H7Cl2F2N3/c15-6-3-9-12(10(16)4-6)20-14(21-13(9)19)8-2-1-7(17)5-11(8)18/h1-5H,(H2,19,20,21). The molecule has 1 heterocycles. The molecule has 3 nitrogen and oxygen atoms in total. The van der Waals surface area contributed by atoms with Crippen LogP contribution in [0.25, 0.3) is 22.3 Å². The molecule has 0 amide bonds. The van der Waals surface area contributed by atoms with E-state index in [1.165, 1.54) is 12.1 Å². The highest BCUT2D eigenvalue weighted by atomic mass is 35.5. The summed E-state index contributed by atoms with van der Waals surface area (Å²) in [5, 5.41) is 1.14. The summed E-state index contributed by atoms with van der Waals surface area (Å²) < 4.78 is 26.8. The van der Waals surface area contributed by atoms with Crippen molar-refractivity contribution in [3.05, 3.63) is 52.0 Å². The van der Waals surface area contributed by atoms with Crippen LogP contribution < -0.4 is 5.73 Å². The Kier molecular flexibility index (Phi) is 3.39. The van der Waals surface area contributed by atoms with Gasteiger partial charge in [0.25, 0.3) is 0 Å². The van der Waals surface area contributed by atoms with Gasteiger partial charge in [-0.05, 0) is 24.3 Å². The van der Waals surface area contributed by atoms with E-state index in [-0.39, 0.29) is 22.2 Å². The molecule has 0 aliphatic rings. The summed E-state index contributed by atoms with van der Waals surface area (Å²) in [4.78, 5) is 8.22. The van der Waals surface area contributed by atoms with E-state index >= 15 is 0 Å². The van der Waals surface area contributed by atoms with Gasteiger partial charge in [-0.15, -0.1) is 0 Å². The second-order valence-electron chi connectivity index (χ2n) is 4.34. The van der Waals surface area contributed by atoms with E-state index in [0.717, 1.165) is 12.1 Å². The number of hydrogen-bond acceptors (Lipinski definition) is 3. The molecule has 3 aromatic rings. The summed E-state index contributed by atoms with van der Waals surface area (Å²) in [6.45, 7) is 0. The summed E-state index contributed by atoms with van der Waals surface area (Å²) in [5.74, 6) is -1.32. The number of nitrogens with two attached hydrogens (primary N) is 1. The third-order valence-corrected chi connectivity index (χ3v) is 3.43. The highest BCUT2D eigenvalue weighted by Crippen LogP contribution is 2.31. The van der Waals surface area contributed by atoms with Gasteiger partial charge in [-0.1, -0.05) is 23.2 Å². The number of rotatable bonds is 1. The summed E-state index contributed by atoms with van der Waals surface area (Å²) >= 11 is 12.0. The largest absolute Gasteiger partial charge is 0.383 e. The van der Waals surface area contributed by atoms with Crippen molar-refractivity contribution in [3.63, 3.8) is 0 Å². The van der Waals surface area contributed by atoms with Crippen LogP contribution in [0.1, 0.15) is 0 Å². The highest BCUT2D eigenvalue weighted by molar-refractivity contribution is 6.38. The molecule has 0 radical (unpaired) electrons. The van der Waals surface area contributed by atoms with Crippen LogP contribution in [-0.2, 0) is 0 Å². The van der Waals surface area contributed by atoms with Crippen molar-refractivity contribution in [2.75, 3.05) is 5.73 Å². The molecule has 0 bridgehead atoms. The molecule has 2 aromatic carbocycles. The van der Waals surface area contributed by atoms with E-state index in [9.17, 15) is 8.78 Å². The Morgan fingerprint density at radius 2 is 1.76 bits per heavy atom. The van der Waals surface area contributed by atoms with Crippen LogP contribution in [-0.4, -0.2) is 9.97 Å². The molecule has 0 spiro atoms. The van der Waals surface area contributed by atoms with E-state index in [1.807, 2.05) is 0 Å². The Labute approximate surface area is 128 Å². The molecular formula is C14H7Cl2F2N3. The van der Waals surface area contributed by atoms with Crippen molar-refractivity contribution >= 4 is 39.9 Å². The number of nitrogen functional groups attached to an aromatic ring is 1. The Hall–Kier alpha value is -1.98. The fourth-order valence-electron chi connectivity index (χ4n) is 1.97. The van der Waals surface area contributed by atoms with Gasteiger partial charge in [0.2, 0.25) is 0 Å². The lowest BCUT2D eigenvalue weighted by atomic mass is 10.1. The summed E-state index contributed by atoms with van der Waals surface area (Å²) in [6, 6.07) is 6.19. The molecule has 0 saturated carbocycles. The quantitative estimate of drug-likeness (QED) is 0.718. The maximum atomic E-state index is 13.8. The molecule has 7 heteroatoms. The molecule has 0 aliphatic carbocycles. The van der Waals surface area contributed by atoms with Gasteiger partial charge < -0.3 is 5.73 Å². The predicted molar refractivity (Wildman–Crippen MR) is 79.3 cm³/mol. The van der Waals surface area contributed by atoms with Crippen LogP contribution >= 0.6 is 23.2 Å². The molecule has 1 aromatic heterocycles. The molecule has 0 atom stereocenters. The first-order valence-corrected chi connectivity index (χ1v) is 6.59. The molecule has 0 aliphatic heterocycles. The maximum Gasteiger partial charge on any atom is 0.165 e. The van der Waals surface area contributed by atoms with Gasteiger partial charge in [0.15, 0.2) is 5.82 Å². The number of halogens is 4. The zero-order chi connectivity index (χ0) is 15.1. The molecule has 0 fully saturated rings. The van der Waals surface area contributed by atoms with Gasteiger partial charge in [0, 0.05) is 16.5 Å². The SMILES string of the molecule is Nc1nc(-c2ccc(F)cc2F)nc2c(Cl)cc(Cl)cc12. The number of anilines is 1. The first kappa shape index (κ1) is 14.0. The minimum absolute atomic E-state index is 0.0294. The van der Waals surface area contributed by atoms with Crippen molar-refractivity contribution < 1.29 is 8.78 Å². The average Bonchev–Trinajstić information content (AvgIpc) is 2.40. The topological polar surface area (TPSA) is 51.8 Å². The van der Waals surface area contributed by atoms with Gasteiger partial charge >= 0.3 is 0 Å². The van der Waals surface area contributed by atoms with E-state index < -0.39 is 11.6 Å². The Balaban J connectivity index is 2.30. The third kappa shape index (κ3) is 2.50. The molecule has 2 N–H and O–H groups in total. The molecule has 21 heavy (non-hydrogen) atoms. The van der Waals surface area contributed by atoms with E-state index in [4.69, 9.17) is 28.9 Å². The Morgan fingerprint density at radius 1 is 1.00 bits per heavy atom. The van der Waals surface area contributed by atoms with Crippen molar-refractivity contribution in [1.82, 2.24) is 9.97 Å². The summed E-state index contributed by atoms with van der Waals surface area (Å²) in [6.07, 6.45) is 0. The van der Waals surface area contributed by atoms with Crippen molar-refractivity contribution in [2.45, 2.75) is 0 Å². The fourth-order valence-corrected chi connectivity index (χ4v) is 2.51. The number of fused-ring (bicyclic) bond motifs is 1. The van der Waals surface area contributed by atoms with Gasteiger partial charge in [-0.25, -0.2) is 18.7 Å². The second-order valence-corrected chi connectivity index (χ2v) is 5.18. The lowest BCUT2D eigenvalue weighted by Crippen LogP contribution is -2.00. The monoisotopic (exact) mass is 325 g/mol. The van der Waals surface area contributed by atoms with E-state index in [0.29, 0.717) is 15.9 Å². The maximum absolute atomic E-state index is 13.8. The average molecular weight is 326 g/mol. The smallest absolute Gasteiger partial charge is 0.165 e. The second kappa shape index (κ2) is 5.09. The lowest BCUT2D eigenvalue weighted by molar-refractivity contribution is 0.585. The van der Waals surface area contributed by atoms with Crippen LogP contribution in [0.4, 0.5) is 14.6 Å². The van der Waals surface area contributed by atoms with Crippen LogP contribution in [0.3, 0.4) is 0 Å². The molecule has 106 valence electrons. The fraction of sp³-hybridized carbons (Fsp3) is 0. The minimum atomic E-state index is -0.779. The molecular weight excluding hydrogens is 319 g/mol. The first-order valence-electron chi connectivity index (χ1n) is 5.83. The predicted octanol–water partition coefficient (Wildman–Crippen LogP) is 4.46. The Bertz CT molecular complexity index is 868. The van der Waals surface area contributed by atoms with Crippen LogP contribution in [0, 0.1) is 11.6 Å².